The summed E-state index contributed by atoms with van der Waals surface area (Å²) < 4.78 is 13.1. The third-order valence-corrected chi connectivity index (χ3v) is 2.54. The molecule has 0 unspecified atom stereocenters. The highest BCUT2D eigenvalue weighted by atomic mass is 19.1. The minimum absolute atomic E-state index is 0.274. The van der Waals surface area contributed by atoms with Crippen LogP contribution in [0.2, 0.25) is 0 Å². The molecule has 1 N–H and O–H groups in total. The highest BCUT2D eigenvalue weighted by Crippen LogP contribution is 2.18. The van der Waals surface area contributed by atoms with E-state index < -0.39 is 0 Å². The summed E-state index contributed by atoms with van der Waals surface area (Å²) >= 11 is 0. The summed E-state index contributed by atoms with van der Waals surface area (Å²) in [4.78, 5) is 6.32. The van der Waals surface area contributed by atoms with Crippen LogP contribution in [0.3, 0.4) is 0 Å². The average Bonchev–Trinajstić information content (AvgIpc) is 2.30. The van der Waals surface area contributed by atoms with Gasteiger partial charge in [-0.3, -0.25) is 0 Å². The largest absolute Gasteiger partial charge is 0.357 e. The molecule has 4 heteroatoms. The summed E-state index contributed by atoms with van der Waals surface area (Å²) in [5.74, 6) is 0.608. The van der Waals surface area contributed by atoms with Crippen molar-refractivity contribution in [1.29, 1.82) is 0 Å². The molecule has 1 aromatic rings. The number of nitrogens with zero attached hydrogens (tertiary/aromatic N) is 2. The molecule has 0 aliphatic rings. The van der Waals surface area contributed by atoms with Crippen molar-refractivity contribution >= 4 is 5.82 Å². The summed E-state index contributed by atoms with van der Waals surface area (Å²) in [6.07, 6.45) is 1.28. The molecule has 0 fully saturated rings. The first-order chi connectivity index (χ1) is 7.72. The lowest BCUT2D eigenvalue weighted by molar-refractivity contribution is 0.612. The lowest BCUT2D eigenvalue weighted by Gasteiger charge is -2.22. The van der Waals surface area contributed by atoms with Crippen molar-refractivity contribution in [3.05, 3.63) is 23.6 Å². The fourth-order valence-corrected chi connectivity index (χ4v) is 1.67. The van der Waals surface area contributed by atoms with Gasteiger partial charge in [-0.2, -0.15) is 0 Å². The topological polar surface area (TPSA) is 28.2 Å². The van der Waals surface area contributed by atoms with Crippen LogP contribution in [0.1, 0.15) is 26.3 Å². The fraction of sp³-hybridized carbons (Fsp3) is 0.583. The molecule has 0 atom stereocenters. The maximum Gasteiger partial charge on any atom is 0.141 e. The normalized spacial score (nSPS) is 10.5. The number of anilines is 1. The Bertz CT molecular complexity index is 324. The maximum absolute atomic E-state index is 13.1. The first-order valence-electron chi connectivity index (χ1n) is 5.82. The SMILES string of the molecule is CCNCc1cc(F)cnc1N(CC)CC. The van der Waals surface area contributed by atoms with E-state index in [2.05, 4.69) is 29.0 Å². The Morgan fingerprint density at radius 2 is 2.00 bits per heavy atom. The van der Waals surface area contributed by atoms with Gasteiger partial charge < -0.3 is 10.2 Å². The van der Waals surface area contributed by atoms with Crippen LogP contribution in [-0.2, 0) is 6.54 Å². The van der Waals surface area contributed by atoms with Gasteiger partial charge >= 0.3 is 0 Å². The van der Waals surface area contributed by atoms with E-state index in [1.165, 1.54) is 6.20 Å². The van der Waals surface area contributed by atoms with Crippen molar-refractivity contribution in [1.82, 2.24) is 10.3 Å². The summed E-state index contributed by atoms with van der Waals surface area (Å²) in [5.41, 5.74) is 0.922. The van der Waals surface area contributed by atoms with E-state index in [1.54, 1.807) is 6.07 Å². The van der Waals surface area contributed by atoms with Crippen LogP contribution >= 0.6 is 0 Å². The quantitative estimate of drug-likeness (QED) is 0.804. The Hall–Kier alpha value is -1.16. The van der Waals surface area contributed by atoms with Crippen molar-refractivity contribution in [2.75, 3.05) is 24.5 Å². The zero-order chi connectivity index (χ0) is 12.0. The molecule has 1 aromatic heterocycles. The third kappa shape index (κ3) is 3.17. The van der Waals surface area contributed by atoms with Gasteiger partial charge in [-0.15, -0.1) is 0 Å². The van der Waals surface area contributed by atoms with Gasteiger partial charge in [-0.05, 0) is 26.5 Å². The molecular weight excluding hydrogens is 205 g/mol. The molecule has 0 radical (unpaired) electrons. The van der Waals surface area contributed by atoms with Crippen molar-refractivity contribution < 1.29 is 4.39 Å². The van der Waals surface area contributed by atoms with Gasteiger partial charge in [0.05, 0.1) is 6.20 Å². The average molecular weight is 225 g/mol. The number of halogens is 1. The lowest BCUT2D eigenvalue weighted by atomic mass is 10.2. The van der Waals surface area contributed by atoms with Gasteiger partial charge in [0.2, 0.25) is 0 Å². The fourth-order valence-electron chi connectivity index (χ4n) is 1.67. The van der Waals surface area contributed by atoms with E-state index in [1.807, 2.05) is 6.92 Å². The smallest absolute Gasteiger partial charge is 0.141 e. The van der Waals surface area contributed by atoms with Crippen LogP contribution < -0.4 is 10.2 Å². The second kappa shape index (κ2) is 6.43. The predicted molar refractivity (Wildman–Crippen MR) is 65.1 cm³/mol. The molecule has 0 aliphatic carbocycles. The molecule has 0 aromatic carbocycles. The molecule has 0 aliphatic heterocycles. The summed E-state index contributed by atoms with van der Waals surface area (Å²) in [6, 6.07) is 1.56. The number of hydrogen-bond acceptors (Lipinski definition) is 3. The Labute approximate surface area is 96.7 Å². The zero-order valence-corrected chi connectivity index (χ0v) is 10.3. The number of aromatic nitrogens is 1. The minimum Gasteiger partial charge on any atom is -0.357 e. The number of nitrogens with one attached hydrogen (secondary N) is 1. The van der Waals surface area contributed by atoms with Crippen LogP contribution in [0.25, 0.3) is 0 Å². The molecule has 16 heavy (non-hydrogen) atoms. The van der Waals surface area contributed by atoms with Gasteiger partial charge in [0.15, 0.2) is 0 Å². The Morgan fingerprint density at radius 3 is 2.56 bits per heavy atom. The van der Waals surface area contributed by atoms with Crippen molar-refractivity contribution in [2.45, 2.75) is 27.3 Å². The zero-order valence-electron chi connectivity index (χ0n) is 10.3. The molecule has 0 spiro atoms. The van der Waals surface area contributed by atoms with Crippen LogP contribution in [0.5, 0.6) is 0 Å². The minimum atomic E-state index is -0.274. The van der Waals surface area contributed by atoms with Crippen LogP contribution in [0.15, 0.2) is 12.3 Å². The van der Waals surface area contributed by atoms with Crippen molar-refractivity contribution in [2.24, 2.45) is 0 Å². The molecule has 0 bridgehead atoms. The Kier molecular flexibility index (Phi) is 5.19. The first kappa shape index (κ1) is 12.9. The Balaban J connectivity index is 2.96. The number of pyridine rings is 1. The molecular formula is C12H20FN3. The van der Waals surface area contributed by atoms with Crippen LogP contribution in [0, 0.1) is 5.82 Å². The van der Waals surface area contributed by atoms with Gasteiger partial charge in [0, 0.05) is 25.2 Å². The predicted octanol–water partition coefficient (Wildman–Crippen LogP) is 2.18. The second-order valence-corrected chi connectivity index (χ2v) is 3.59. The van der Waals surface area contributed by atoms with E-state index in [0.717, 1.165) is 31.0 Å². The summed E-state index contributed by atoms with van der Waals surface area (Å²) in [5, 5.41) is 3.20. The van der Waals surface area contributed by atoms with E-state index >= 15 is 0 Å². The van der Waals surface area contributed by atoms with E-state index in [4.69, 9.17) is 0 Å². The number of hydrogen-bond donors (Lipinski definition) is 1. The number of rotatable bonds is 6. The van der Waals surface area contributed by atoms with Crippen molar-refractivity contribution in [3.63, 3.8) is 0 Å². The van der Waals surface area contributed by atoms with Crippen molar-refractivity contribution in [3.8, 4) is 0 Å². The molecule has 0 amide bonds. The molecule has 0 saturated carbocycles. The molecule has 90 valence electrons. The maximum atomic E-state index is 13.1. The summed E-state index contributed by atoms with van der Waals surface area (Å²) in [6.45, 7) is 9.48. The second-order valence-electron chi connectivity index (χ2n) is 3.59. The molecule has 3 nitrogen and oxygen atoms in total. The van der Waals surface area contributed by atoms with Gasteiger partial charge in [0.1, 0.15) is 11.6 Å². The van der Waals surface area contributed by atoms with Crippen LogP contribution in [-0.4, -0.2) is 24.6 Å². The van der Waals surface area contributed by atoms with Gasteiger partial charge in [-0.25, -0.2) is 9.37 Å². The third-order valence-electron chi connectivity index (χ3n) is 2.54. The highest BCUT2D eigenvalue weighted by molar-refractivity contribution is 5.46. The lowest BCUT2D eigenvalue weighted by Crippen LogP contribution is -2.26. The van der Waals surface area contributed by atoms with Gasteiger partial charge in [-0.1, -0.05) is 6.92 Å². The molecule has 1 heterocycles. The van der Waals surface area contributed by atoms with Crippen LogP contribution in [0.4, 0.5) is 10.2 Å². The summed E-state index contributed by atoms with van der Waals surface area (Å²) in [7, 11) is 0. The molecule has 1 rings (SSSR count). The first-order valence-corrected chi connectivity index (χ1v) is 5.82. The monoisotopic (exact) mass is 225 g/mol. The van der Waals surface area contributed by atoms with E-state index in [-0.39, 0.29) is 5.82 Å². The van der Waals surface area contributed by atoms with Gasteiger partial charge in [0.25, 0.3) is 0 Å². The highest BCUT2D eigenvalue weighted by Gasteiger charge is 2.10. The van der Waals surface area contributed by atoms with E-state index in [9.17, 15) is 4.39 Å². The Morgan fingerprint density at radius 1 is 1.31 bits per heavy atom. The van der Waals surface area contributed by atoms with E-state index in [0.29, 0.717) is 6.54 Å². The molecule has 0 saturated heterocycles. The standard InChI is InChI=1S/C12H20FN3/c1-4-14-8-10-7-11(13)9-15-12(10)16(5-2)6-3/h7,9,14H,4-6,8H2,1-3H3.